The first-order valence-electron chi connectivity index (χ1n) is 19.4. The van der Waals surface area contributed by atoms with Crippen molar-refractivity contribution >= 4 is 23.1 Å². The number of nitrogens with one attached hydrogen (secondary N) is 1. The summed E-state index contributed by atoms with van der Waals surface area (Å²) < 4.78 is 26.0. The molecule has 0 fully saturated rings. The van der Waals surface area contributed by atoms with E-state index < -0.39 is 5.97 Å². The molecule has 54 heavy (non-hydrogen) atoms. The number of aryl methyl sites for hydroxylation is 2. The number of ether oxygens (including phenoxy) is 4. The summed E-state index contributed by atoms with van der Waals surface area (Å²) in [6.45, 7) is 6.87. The Hall–Kier alpha value is -4.94. The van der Waals surface area contributed by atoms with Gasteiger partial charge in [0.25, 0.3) is 5.91 Å². The van der Waals surface area contributed by atoms with Gasteiger partial charge in [-0.2, -0.15) is 0 Å². The van der Waals surface area contributed by atoms with Gasteiger partial charge in [-0.15, -0.1) is 0 Å². The number of amides is 1. The number of hydrogen-bond donors (Lipinski definition) is 2. The maximum atomic E-state index is 13.3. The number of rotatable bonds is 15. The third-order valence-corrected chi connectivity index (χ3v) is 11.1. The van der Waals surface area contributed by atoms with Crippen molar-refractivity contribution in [1.29, 1.82) is 0 Å². The van der Waals surface area contributed by atoms with E-state index >= 15 is 0 Å². The van der Waals surface area contributed by atoms with Gasteiger partial charge in [-0.1, -0.05) is 11.2 Å². The van der Waals surface area contributed by atoms with E-state index in [0.717, 1.165) is 105 Å². The number of carbonyl (C=O) groups is 2. The Bertz CT molecular complexity index is 2160. The highest BCUT2D eigenvalue weighted by Crippen LogP contribution is 2.48. The number of hydrogen-bond acceptors (Lipinski definition) is 8. The highest BCUT2D eigenvalue weighted by atomic mass is 16.5. The van der Waals surface area contributed by atoms with Gasteiger partial charge in [-0.25, -0.2) is 9.37 Å². The van der Waals surface area contributed by atoms with Gasteiger partial charge in [0.05, 0.1) is 50.8 Å². The maximum Gasteiger partial charge on any atom is 0.336 e. The molecule has 3 aromatic carbocycles. The number of carboxylic acids is 1. The van der Waals surface area contributed by atoms with Gasteiger partial charge in [0.2, 0.25) is 5.36 Å². The van der Waals surface area contributed by atoms with Crippen molar-refractivity contribution in [2.75, 3.05) is 83.8 Å². The van der Waals surface area contributed by atoms with E-state index in [-0.39, 0.29) is 36.7 Å². The van der Waals surface area contributed by atoms with E-state index in [0.29, 0.717) is 38.6 Å². The second kappa shape index (κ2) is 16.2. The second-order valence-corrected chi connectivity index (χ2v) is 14.5. The Balaban J connectivity index is 1.08. The summed E-state index contributed by atoms with van der Waals surface area (Å²) in [5.74, 6) is 0.288. The Kier molecular flexibility index (Phi) is 10.8. The van der Waals surface area contributed by atoms with Crippen molar-refractivity contribution < 1.29 is 33.6 Å². The fourth-order valence-electron chi connectivity index (χ4n) is 8.92. The number of aromatic carboxylic acids is 1. The Morgan fingerprint density at radius 2 is 1.57 bits per heavy atom. The SMILES string of the molecule is [N-]=[N+]=NCCOCCOCCOCCNC(=O)c1ccc(C2=c3cc4c5c(c3Oc3c2cc2c6c3CCCN6CCC2)CCC[N+]=5CCC4)c(C(=O)O)c1. The molecule has 0 bridgehead atoms. The fourth-order valence-corrected chi connectivity index (χ4v) is 8.92. The van der Waals surface area contributed by atoms with E-state index in [2.05, 4.69) is 37.0 Å². The van der Waals surface area contributed by atoms with Crippen molar-refractivity contribution in [2.24, 2.45) is 5.11 Å². The molecule has 0 spiro atoms. The smallest absolute Gasteiger partial charge is 0.336 e. The molecule has 8 rings (SSSR count). The summed E-state index contributed by atoms with van der Waals surface area (Å²) in [7, 11) is 0. The van der Waals surface area contributed by atoms with Crippen molar-refractivity contribution in [3.63, 3.8) is 0 Å². The van der Waals surface area contributed by atoms with Crippen molar-refractivity contribution in [3.05, 3.63) is 95.9 Å². The summed E-state index contributed by atoms with van der Waals surface area (Å²) in [4.78, 5) is 31.6. The maximum absolute atomic E-state index is 13.3. The van der Waals surface area contributed by atoms with Crippen LogP contribution in [0.4, 0.5) is 5.69 Å². The van der Waals surface area contributed by atoms with Crippen LogP contribution >= 0.6 is 0 Å². The highest BCUT2D eigenvalue weighted by Gasteiger charge is 2.36. The van der Waals surface area contributed by atoms with Gasteiger partial charge >= 0.3 is 5.97 Å². The lowest BCUT2D eigenvalue weighted by atomic mass is 9.81. The first-order chi connectivity index (χ1) is 26.5. The number of nitrogens with zero attached hydrogens (tertiary/aromatic N) is 5. The summed E-state index contributed by atoms with van der Waals surface area (Å²) in [5, 5.41) is 19.3. The standard InChI is InChI=1S/C41H46N6O7/c42-45-44-12-18-52-20-22-53-21-19-51-17-11-43-40(48)28-9-10-29(32(25-28)41(49)50)35-33-23-26-5-1-13-46-15-3-7-30(36(26)46)38(33)54-39-31-8-4-16-47-14-2-6-27(37(31)47)24-34(35)39/h9-10,23-25H,1-8,11-22H2,(H-,43,48,49,50)/p+1. The lowest BCUT2D eigenvalue weighted by Gasteiger charge is -2.39. The molecular formula is C41H47N6O7+. The molecule has 13 nitrogen and oxygen atoms in total. The number of anilines is 1. The minimum absolute atomic E-state index is 0.0904. The van der Waals surface area contributed by atoms with Crippen LogP contribution < -0.4 is 30.1 Å². The van der Waals surface area contributed by atoms with Gasteiger partial charge < -0.3 is 34.3 Å². The van der Waals surface area contributed by atoms with Crippen LogP contribution in [0.2, 0.25) is 0 Å². The topological polar surface area (TPSA) is 158 Å². The van der Waals surface area contributed by atoms with Crippen molar-refractivity contribution in [3.8, 4) is 11.5 Å². The summed E-state index contributed by atoms with van der Waals surface area (Å²) in [5.41, 5.74) is 17.5. The Morgan fingerprint density at radius 3 is 2.37 bits per heavy atom. The molecule has 0 aliphatic carbocycles. The minimum Gasteiger partial charge on any atom is -0.478 e. The van der Waals surface area contributed by atoms with Crippen LogP contribution in [0.5, 0.6) is 11.5 Å². The van der Waals surface area contributed by atoms with Crippen LogP contribution in [0.1, 0.15) is 79.8 Å². The average Bonchev–Trinajstić information content (AvgIpc) is 3.19. The largest absolute Gasteiger partial charge is 0.478 e. The fraction of sp³-hybridized carbons (Fsp3) is 0.488. The zero-order valence-electron chi connectivity index (χ0n) is 30.7. The Labute approximate surface area is 313 Å². The van der Waals surface area contributed by atoms with Gasteiger partial charge in [-0.05, 0) is 79.4 Å². The molecule has 13 heteroatoms. The molecule has 0 saturated carbocycles. The summed E-state index contributed by atoms with van der Waals surface area (Å²) in [6.07, 6.45) is 8.10. The third kappa shape index (κ3) is 7.04. The molecule has 5 aliphatic heterocycles. The first-order valence-corrected chi connectivity index (χ1v) is 19.4. The third-order valence-electron chi connectivity index (χ3n) is 11.1. The average molecular weight is 736 g/mol. The Morgan fingerprint density at radius 1 is 0.852 bits per heavy atom. The number of benzene rings is 3. The van der Waals surface area contributed by atoms with E-state index in [1.54, 1.807) is 6.07 Å². The van der Waals surface area contributed by atoms with Crippen LogP contribution in [-0.2, 0) is 39.9 Å². The normalized spacial score (nSPS) is 16.3. The van der Waals surface area contributed by atoms with Crippen molar-refractivity contribution in [2.45, 2.75) is 51.4 Å². The first kappa shape index (κ1) is 36.1. The molecule has 3 aromatic rings. The quantitative estimate of drug-likeness (QED) is 0.0612. The number of fused-ring (bicyclic) bond motifs is 4. The van der Waals surface area contributed by atoms with E-state index in [1.807, 2.05) is 6.07 Å². The monoisotopic (exact) mass is 735 g/mol. The molecule has 5 aliphatic rings. The molecule has 0 saturated heterocycles. The zero-order chi connectivity index (χ0) is 37.0. The van der Waals surface area contributed by atoms with E-state index in [9.17, 15) is 14.7 Å². The van der Waals surface area contributed by atoms with E-state index in [1.165, 1.54) is 39.4 Å². The second-order valence-electron chi connectivity index (χ2n) is 14.5. The van der Waals surface area contributed by atoms with Gasteiger partial charge in [0.1, 0.15) is 24.6 Å². The van der Waals surface area contributed by atoms with Gasteiger partial charge in [-0.3, -0.25) is 4.79 Å². The lowest BCUT2D eigenvalue weighted by Crippen LogP contribution is -2.45. The van der Waals surface area contributed by atoms with Crippen molar-refractivity contribution in [1.82, 2.24) is 9.89 Å². The number of carbonyl (C=O) groups excluding carboxylic acids is 1. The molecule has 282 valence electrons. The predicted molar refractivity (Wildman–Crippen MR) is 202 cm³/mol. The highest BCUT2D eigenvalue weighted by molar-refractivity contribution is 6.03. The van der Waals surface area contributed by atoms with Crippen LogP contribution in [-0.4, -0.2) is 95.9 Å². The molecule has 2 N–H and O–H groups in total. The van der Waals surface area contributed by atoms with E-state index in [4.69, 9.17) is 24.5 Å². The molecule has 0 aromatic heterocycles. The summed E-state index contributed by atoms with van der Waals surface area (Å²) in [6, 6.07) is 9.58. The van der Waals surface area contributed by atoms with Crippen LogP contribution in [0.15, 0.2) is 35.4 Å². The predicted octanol–water partition coefficient (Wildman–Crippen LogP) is 3.91. The molecule has 0 atom stereocenters. The number of carboxylic acid groups (broad SMARTS) is 1. The molecular weight excluding hydrogens is 688 g/mol. The van der Waals surface area contributed by atoms with Crippen LogP contribution in [0.25, 0.3) is 16.0 Å². The number of azide groups is 1. The molecule has 0 unspecified atom stereocenters. The lowest BCUT2D eigenvalue weighted by molar-refractivity contribution is 0.0166. The summed E-state index contributed by atoms with van der Waals surface area (Å²) >= 11 is 0. The minimum atomic E-state index is -1.08. The van der Waals surface area contributed by atoms with Crippen LogP contribution in [0.3, 0.4) is 0 Å². The van der Waals surface area contributed by atoms with Crippen LogP contribution in [0, 0.1) is 0 Å². The molecule has 1 amide bonds. The van der Waals surface area contributed by atoms with Gasteiger partial charge in [0.15, 0.2) is 0 Å². The molecule has 5 heterocycles. The van der Waals surface area contributed by atoms with Gasteiger partial charge in [0, 0.05) is 82.7 Å². The molecule has 0 radical (unpaired) electrons. The zero-order valence-corrected chi connectivity index (χ0v) is 30.7.